The number of rotatable bonds is 4. The second-order valence-corrected chi connectivity index (χ2v) is 6.71. The summed E-state index contributed by atoms with van der Waals surface area (Å²) in [5.41, 5.74) is 4.10. The molecule has 1 fully saturated rings. The average Bonchev–Trinajstić information content (AvgIpc) is 2.44. The number of hydrogen-bond acceptors (Lipinski definition) is 2. The lowest BCUT2D eigenvalue weighted by Crippen LogP contribution is -2.58. The molecule has 2 aromatic rings. The highest BCUT2D eigenvalue weighted by Crippen LogP contribution is 2.38. The van der Waals surface area contributed by atoms with Crippen LogP contribution in [0.15, 0.2) is 46.9 Å². The summed E-state index contributed by atoms with van der Waals surface area (Å²) in [7, 11) is 1.75. The Morgan fingerprint density at radius 1 is 1.19 bits per heavy atom. The van der Waals surface area contributed by atoms with Crippen molar-refractivity contribution in [1.29, 1.82) is 0 Å². The molecule has 0 aliphatic carbocycles. The van der Waals surface area contributed by atoms with E-state index in [1.807, 2.05) is 0 Å². The highest BCUT2D eigenvalue weighted by molar-refractivity contribution is 9.10. The fraction of sp³-hybridized carbons (Fsp3) is 0.333. The summed E-state index contributed by atoms with van der Waals surface area (Å²) in [6.07, 6.45) is 0.994. The molecule has 110 valence electrons. The molecule has 21 heavy (non-hydrogen) atoms. The van der Waals surface area contributed by atoms with Crippen LogP contribution in [0.4, 0.5) is 0 Å². The van der Waals surface area contributed by atoms with Crippen molar-refractivity contribution in [2.75, 3.05) is 20.2 Å². The molecular weight excluding hydrogens is 326 g/mol. The molecule has 2 aromatic carbocycles. The number of halogens is 1. The van der Waals surface area contributed by atoms with Gasteiger partial charge in [0.1, 0.15) is 5.75 Å². The van der Waals surface area contributed by atoms with Crippen LogP contribution in [0.25, 0.3) is 0 Å². The van der Waals surface area contributed by atoms with Crippen LogP contribution in [0.3, 0.4) is 0 Å². The van der Waals surface area contributed by atoms with Gasteiger partial charge in [0.15, 0.2) is 0 Å². The van der Waals surface area contributed by atoms with E-state index in [0.29, 0.717) is 0 Å². The van der Waals surface area contributed by atoms with Crippen molar-refractivity contribution in [1.82, 2.24) is 5.32 Å². The van der Waals surface area contributed by atoms with Crippen molar-refractivity contribution < 1.29 is 4.74 Å². The average molecular weight is 346 g/mol. The minimum absolute atomic E-state index is 0.154. The van der Waals surface area contributed by atoms with Gasteiger partial charge in [-0.05, 0) is 36.6 Å². The van der Waals surface area contributed by atoms with Gasteiger partial charge in [0, 0.05) is 23.0 Å². The van der Waals surface area contributed by atoms with E-state index in [1.165, 1.54) is 21.2 Å². The minimum atomic E-state index is 0.154. The van der Waals surface area contributed by atoms with Crippen molar-refractivity contribution in [2.24, 2.45) is 0 Å². The van der Waals surface area contributed by atoms with Gasteiger partial charge in [0.25, 0.3) is 0 Å². The molecule has 0 radical (unpaired) electrons. The smallest absolute Gasteiger partial charge is 0.122 e. The number of nitrogens with one attached hydrogen (secondary N) is 1. The first kappa shape index (κ1) is 14.6. The Morgan fingerprint density at radius 2 is 1.95 bits per heavy atom. The van der Waals surface area contributed by atoms with Crippen LogP contribution < -0.4 is 10.1 Å². The van der Waals surface area contributed by atoms with Crippen molar-refractivity contribution in [2.45, 2.75) is 18.8 Å². The lowest BCUT2D eigenvalue weighted by atomic mass is 9.71. The van der Waals surface area contributed by atoms with Crippen molar-refractivity contribution >= 4 is 15.9 Å². The summed E-state index contributed by atoms with van der Waals surface area (Å²) in [4.78, 5) is 0. The maximum absolute atomic E-state index is 5.55. The normalized spacial score (nSPS) is 16.3. The predicted octanol–water partition coefficient (Wildman–Crippen LogP) is 3.85. The van der Waals surface area contributed by atoms with E-state index in [1.54, 1.807) is 7.11 Å². The first-order valence-electron chi connectivity index (χ1n) is 7.24. The first-order chi connectivity index (χ1) is 10.1. The summed E-state index contributed by atoms with van der Waals surface area (Å²) in [5.74, 6) is 0.985. The Bertz CT molecular complexity index is 649. The molecule has 1 heterocycles. The molecule has 0 bridgehead atoms. The zero-order chi connectivity index (χ0) is 14.9. The van der Waals surface area contributed by atoms with E-state index in [4.69, 9.17) is 4.74 Å². The van der Waals surface area contributed by atoms with E-state index >= 15 is 0 Å². The predicted molar refractivity (Wildman–Crippen MR) is 90.1 cm³/mol. The second kappa shape index (κ2) is 5.82. The third-order valence-electron chi connectivity index (χ3n) is 4.34. The van der Waals surface area contributed by atoms with Gasteiger partial charge in [-0.1, -0.05) is 51.8 Å². The zero-order valence-corrected chi connectivity index (χ0v) is 14.0. The Morgan fingerprint density at radius 3 is 2.57 bits per heavy atom. The van der Waals surface area contributed by atoms with Crippen LogP contribution >= 0.6 is 15.9 Å². The van der Waals surface area contributed by atoms with Gasteiger partial charge in [-0.3, -0.25) is 0 Å². The van der Waals surface area contributed by atoms with E-state index < -0.39 is 0 Å². The standard InChI is InChI=1S/C18H20BrNO/c1-13-7-8-17(21-2)14(9-13)10-18(11-20-12-18)15-5-3-4-6-16(15)19/h3-9,20H,10-12H2,1-2H3. The monoisotopic (exact) mass is 345 g/mol. The van der Waals surface area contributed by atoms with Crippen LogP contribution in [0.5, 0.6) is 5.75 Å². The highest BCUT2D eigenvalue weighted by Gasteiger charge is 2.40. The third-order valence-corrected chi connectivity index (χ3v) is 5.03. The van der Waals surface area contributed by atoms with Crippen LogP contribution in [0.1, 0.15) is 16.7 Å². The molecule has 0 atom stereocenters. The summed E-state index contributed by atoms with van der Waals surface area (Å²) < 4.78 is 6.74. The Balaban J connectivity index is 1.99. The van der Waals surface area contributed by atoms with Gasteiger partial charge in [0.2, 0.25) is 0 Å². The molecule has 1 saturated heterocycles. The van der Waals surface area contributed by atoms with Gasteiger partial charge in [0.05, 0.1) is 7.11 Å². The van der Waals surface area contributed by atoms with Crippen LogP contribution in [0.2, 0.25) is 0 Å². The number of aryl methyl sites for hydroxylation is 1. The number of methoxy groups -OCH3 is 1. The topological polar surface area (TPSA) is 21.3 Å². The van der Waals surface area contributed by atoms with E-state index in [0.717, 1.165) is 25.3 Å². The molecule has 2 nitrogen and oxygen atoms in total. The van der Waals surface area contributed by atoms with Gasteiger partial charge < -0.3 is 10.1 Å². The lowest BCUT2D eigenvalue weighted by Gasteiger charge is -2.44. The van der Waals surface area contributed by atoms with Crippen molar-refractivity contribution in [3.63, 3.8) is 0 Å². The minimum Gasteiger partial charge on any atom is -0.496 e. The zero-order valence-electron chi connectivity index (χ0n) is 12.4. The Hall–Kier alpha value is -1.32. The summed E-state index contributed by atoms with van der Waals surface area (Å²) in [6.45, 7) is 4.15. The van der Waals surface area contributed by atoms with Gasteiger partial charge in [-0.15, -0.1) is 0 Å². The molecule has 1 N–H and O–H groups in total. The lowest BCUT2D eigenvalue weighted by molar-refractivity contribution is 0.270. The molecular formula is C18H20BrNO. The molecule has 0 aromatic heterocycles. The quantitative estimate of drug-likeness (QED) is 0.908. The first-order valence-corrected chi connectivity index (χ1v) is 8.03. The maximum atomic E-state index is 5.55. The fourth-order valence-corrected chi connectivity index (χ4v) is 3.84. The number of ether oxygens (including phenoxy) is 1. The summed E-state index contributed by atoms with van der Waals surface area (Å²) in [5, 5.41) is 3.44. The van der Waals surface area contributed by atoms with Crippen molar-refractivity contribution in [3.05, 3.63) is 63.6 Å². The number of hydrogen-bond donors (Lipinski definition) is 1. The van der Waals surface area contributed by atoms with Gasteiger partial charge >= 0.3 is 0 Å². The maximum Gasteiger partial charge on any atom is 0.122 e. The molecule has 0 spiro atoms. The number of benzene rings is 2. The van der Waals surface area contributed by atoms with Crippen molar-refractivity contribution in [3.8, 4) is 5.75 Å². The Labute approximate surface area is 134 Å². The van der Waals surface area contributed by atoms with E-state index in [-0.39, 0.29) is 5.41 Å². The van der Waals surface area contributed by atoms with Gasteiger partial charge in [-0.25, -0.2) is 0 Å². The molecule has 0 saturated carbocycles. The third kappa shape index (κ3) is 2.72. The fourth-order valence-electron chi connectivity index (χ4n) is 3.14. The highest BCUT2D eigenvalue weighted by atomic mass is 79.9. The molecule has 0 amide bonds. The van der Waals surface area contributed by atoms with Crippen LogP contribution in [-0.2, 0) is 11.8 Å². The van der Waals surface area contributed by atoms with E-state index in [9.17, 15) is 0 Å². The summed E-state index contributed by atoms with van der Waals surface area (Å²) >= 11 is 3.71. The van der Waals surface area contributed by atoms with Crippen LogP contribution in [0, 0.1) is 6.92 Å². The molecule has 1 aliphatic rings. The van der Waals surface area contributed by atoms with Gasteiger partial charge in [-0.2, -0.15) is 0 Å². The molecule has 3 heteroatoms. The SMILES string of the molecule is COc1ccc(C)cc1CC1(c2ccccc2Br)CNC1. The Kier molecular flexibility index (Phi) is 4.05. The second-order valence-electron chi connectivity index (χ2n) is 5.86. The molecule has 1 aliphatic heterocycles. The molecule has 0 unspecified atom stereocenters. The van der Waals surface area contributed by atoms with E-state index in [2.05, 4.69) is 70.6 Å². The summed E-state index contributed by atoms with van der Waals surface area (Å²) in [6, 6.07) is 15.0. The molecule has 3 rings (SSSR count). The largest absolute Gasteiger partial charge is 0.496 e. The van der Waals surface area contributed by atoms with Crippen LogP contribution in [-0.4, -0.2) is 20.2 Å².